The summed E-state index contributed by atoms with van der Waals surface area (Å²) in [5.74, 6) is -0.309. The van der Waals surface area contributed by atoms with E-state index in [9.17, 15) is 9.18 Å². The SMILES string of the molecule is CC(=O)Cc1ccc(Nc2nc3cc(F)ccc3o2)c(Cl)c1. The molecule has 0 unspecified atom stereocenters. The maximum absolute atomic E-state index is 13.1. The fraction of sp³-hybridized carbons (Fsp3) is 0.125. The van der Waals surface area contributed by atoms with Crippen LogP contribution in [0.25, 0.3) is 11.1 Å². The minimum Gasteiger partial charge on any atom is -0.423 e. The van der Waals surface area contributed by atoms with Gasteiger partial charge in [0.25, 0.3) is 6.01 Å². The Hall–Kier alpha value is -2.40. The van der Waals surface area contributed by atoms with E-state index in [0.29, 0.717) is 28.2 Å². The van der Waals surface area contributed by atoms with Crippen LogP contribution < -0.4 is 5.32 Å². The van der Waals surface area contributed by atoms with Crippen molar-refractivity contribution >= 4 is 40.2 Å². The van der Waals surface area contributed by atoms with E-state index in [0.717, 1.165) is 5.56 Å². The Bertz CT molecular complexity index is 860. The molecule has 1 N–H and O–H groups in total. The average Bonchev–Trinajstić information content (AvgIpc) is 2.82. The molecular formula is C16H12ClFN2O2. The van der Waals surface area contributed by atoms with Crippen LogP contribution in [0.5, 0.6) is 0 Å². The van der Waals surface area contributed by atoms with E-state index in [-0.39, 0.29) is 17.6 Å². The summed E-state index contributed by atoms with van der Waals surface area (Å²) in [5, 5.41) is 3.40. The molecule has 1 heterocycles. The Labute approximate surface area is 130 Å². The van der Waals surface area contributed by atoms with E-state index in [1.807, 2.05) is 0 Å². The molecule has 0 radical (unpaired) electrons. The van der Waals surface area contributed by atoms with Gasteiger partial charge in [-0.25, -0.2) is 4.39 Å². The minimum absolute atomic E-state index is 0.0674. The molecule has 0 saturated heterocycles. The van der Waals surface area contributed by atoms with Crippen molar-refractivity contribution in [1.29, 1.82) is 0 Å². The van der Waals surface area contributed by atoms with E-state index in [1.54, 1.807) is 18.2 Å². The number of ketones is 1. The summed E-state index contributed by atoms with van der Waals surface area (Å²) in [6.07, 6.45) is 0.335. The minimum atomic E-state index is -0.376. The molecule has 0 atom stereocenters. The standard InChI is InChI=1S/C16H12ClFN2O2/c1-9(21)6-10-2-4-13(12(17)7-10)19-16-20-14-8-11(18)3-5-15(14)22-16/h2-5,7-8H,6H2,1H3,(H,19,20). The lowest BCUT2D eigenvalue weighted by molar-refractivity contribution is -0.116. The van der Waals surface area contributed by atoms with Crippen LogP contribution in [0, 0.1) is 5.82 Å². The number of Topliss-reactive ketones (excluding diaryl/α,β-unsaturated/α-hetero) is 1. The van der Waals surface area contributed by atoms with E-state index in [2.05, 4.69) is 10.3 Å². The van der Waals surface area contributed by atoms with Crippen molar-refractivity contribution in [3.8, 4) is 0 Å². The molecule has 0 amide bonds. The van der Waals surface area contributed by atoms with Gasteiger partial charge in [-0.2, -0.15) is 4.98 Å². The molecule has 3 rings (SSSR count). The number of nitrogens with one attached hydrogen (secondary N) is 1. The van der Waals surface area contributed by atoms with Gasteiger partial charge in [-0.05, 0) is 36.8 Å². The van der Waals surface area contributed by atoms with Gasteiger partial charge in [-0.1, -0.05) is 17.7 Å². The zero-order valence-electron chi connectivity index (χ0n) is 11.7. The number of rotatable bonds is 4. The molecule has 112 valence electrons. The molecule has 0 aliphatic heterocycles. The Morgan fingerprint density at radius 3 is 2.86 bits per heavy atom. The number of anilines is 2. The summed E-state index contributed by atoms with van der Waals surface area (Å²) in [7, 11) is 0. The number of oxazole rings is 1. The molecule has 2 aromatic carbocycles. The first-order valence-electron chi connectivity index (χ1n) is 6.62. The number of aromatic nitrogens is 1. The summed E-state index contributed by atoms with van der Waals surface area (Å²) in [6.45, 7) is 1.53. The number of benzene rings is 2. The van der Waals surface area contributed by atoms with Crippen molar-refractivity contribution in [2.24, 2.45) is 0 Å². The Morgan fingerprint density at radius 1 is 1.32 bits per heavy atom. The molecule has 6 heteroatoms. The van der Waals surface area contributed by atoms with Crippen molar-refractivity contribution in [3.63, 3.8) is 0 Å². The summed E-state index contributed by atoms with van der Waals surface area (Å²) in [6, 6.07) is 9.60. The molecule has 0 fully saturated rings. The fourth-order valence-corrected chi connectivity index (χ4v) is 2.38. The maximum atomic E-state index is 13.1. The van der Waals surface area contributed by atoms with Gasteiger partial charge in [0.05, 0.1) is 10.7 Å². The number of fused-ring (bicyclic) bond motifs is 1. The molecule has 0 spiro atoms. The third-order valence-corrected chi connectivity index (χ3v) is 3.39. The highest BCUT2D eigenvalue weighted by Crippen LogP contribution is 2.28. The van der Waals surface area contributed by atoms with Gasteiger partial charge in [0.15, 0.2) is 5.58 Å². The number of halogens is 2. The van der Waals surface area contributed by atoms with Crippen LogP contribution in [0.4, 0.5) is 16.1 Å². The molecule has 4 nitrogen and oxygen atoms in total. The lowest BCUT2D eigenvalue weighted by Gasteiger charge is -2.06. The van der Waals surface area contributed by atoms with Gasteiger partial charge in [0.1, 0.15) is 17.1 Å². The van der Waals surface area contributed by atoms with Crippen molar-refractivity contribution < 1.29 is 13.6 Å². The highest BCUT2D eigenvalue weighted by Gasteiger charge is 2.09. The van der Waals surface area contributed by atoms with Gasteiger partial charge < -0.3 is 9.73 Å². The van der Waals surface area contributed by atoms with Gasteiger partial charge in [0, 0.05) is 12.5 Å². The molecule has 0 aliphatic carbocycles. The van der Waals surface area contributed by atoms with Crippen molar-refractivity contribution in [3.05, 3.63) is 52.8 Å². The van der Waals surface area contributed by atoms with Crippen LogP contribution in [0.15, 0.2) is 40.8 Å². The summed E-state index contributed by atoms with van der Waals surface area (Å²) < 4.78 is 18.6. The predicted molar refractivity (Wildman–Crippen MR) is 83.1 cm³/mol. The first kappa shape index (κ1) is 14.5. The highest BCUT2D eigenvalue weighted by atomic mass is 35.5. The molecular weight excluding hydrogens is 307 g/mol. The van der Waals surface area contributed by atoms with Crippen LogP contribution in [-0.4, -0.2) is 10.8 Å². The van der Waals surface area contributed by atoms with Gasteiger partial charge >= 0.3 is 0 Å². The van der Waals surface area contributed by atoms with E-state index in [4.69, 9.17) is 16.0 Å². The Morgan fingerprint density at radius 2 is 2.14 bits per heavy atom. The van der Waals surface area contributed by atoms with E-state index < -0.39 is 0 Å². The van der Waals surface area contributed by atoms with Crippen LogP contribution in [0.3, 0.4) is 0 Å². The Kier molecular flexibility index (Phi) is 3.81. The number of nitrogens with zero attached hydrogens (tertiary/aromatic N) is 1. The molecule has 0 aliphatic rings. The second-order valence-electron chi connectivity index (χ2n) is 4.95. The van der Waals surface area contributed by atoms with Crippen LogP contribution in [0.1, 0.15) is 12.5 Å². The third kappa shape index (κ3) is 3.09. The summed E-state index contributed by atoms with van der Waals surface area (Å²) >= 11 is 6.18. The number of hydrogen-bond donors (Lipinski definition) is 1. The lowest BCUT2D eigenvalue weighted by atomic mass is 10.1. The Balaban J connectivity index is 1.86. The zero-order valence-corrected chi connectivity index (χ0v) is 12.4. The van der Waals surface area contributed by atoms with Crippen LogP contribution in [0.2, 0.25) is 5.02 Å². The predicted octanol–water partition coefficient (Wildman–Crippen LogP) is 4.50. The number of hydrogen-bond acceptors (Lipinski definition) is 4. The maximum Gasteiger partial charge on any atom is 0.300 e. The quantitative estimate of drug-likeness (QED) is 0.769. The van der Waals surface area contributed by atoms with Crippen LogP contribution in [-0.2, 0) is 11.2 Å². The molecule has 0 bridgehead atoms. The van der Waals surface area contributed by atoms with Crippen molar-refractivity contribution in [1.82, 2.24) is 4.98 Å². The average molecular weight is 319 g/mol. The summed E-state index contributed by atoms with van der Waals surface area (Å²) in [5.41, 5.74) is 2.34. The molecule has 1 aromatic heterocycles. The number of carbonyl (C=O) groups excluding carboxylic acids is 1. The van der Waals surface area contributed by atoms with Gasteiger partial charge in [0.2, 0.25) is 0 Å². The fourth-order valence-electron chi connectivity index (χ4n) is 2.13. The molecule has 3 aromatic rings. The monoisotopic (exact) mass is 318 g/mol. The first-order valence-corrected chi connectivity index (χ1v) is 7.00. The van der Waals surface area contributed by atoms with Gasteiger partial charge in [-0.3, -0.25) is 4.79 Å². The normalized spacial score (nSPS) is 10.9. The zero-order chi connectivity index (χ0) is 15.7. The number of carbonyl (C=O) groups is 1. The summed E-state index contributed by atoms with van der Waals surface area (Å²) in [4.78, 5) is 15.3. The van der Waals surface area contributed by atoms with Crippen molar-refractivity contribution in [2.75, 3.05) is 5.32 Å². The molecule has 22 heavy (non-hydrogen) atoms. The van der Waals surface area contributed by atoms with Gasteiger partial charge in [-0.15, -0.1) is 0 Å². The van der Waals surface area contributed by atoms with Crippen molar-refractivity contribution in [2.45, 2.75) is 13.3 Å². The highest BCUT2D eigenvalue weighted by molar-refractivity contribution is 6.33. The largest absolute Gasteiger partial charge is 0.423 e. The third-order valence-electron chi connectivity index (χ3n) is 3.08. The first-order chi connectivity index (χ1) is 10.5. The van der Waals surface area contributed by atoms with E-state index in [1.165, 1.54) is 25.1 Å². The smallest absolute Gasteiger partial charge is 0.300 e. The van der Waals surface area contributed by atoms with E-state index >= 15 is 0 Å². The second-order valence-corrected chi connectivity index (χ2v) is 5.36. The van der Waals surface area contributed by atoms with Crippen LogP contribution >= 0.6 is 11.6 Å². The molecule has 0 saturated carbocycles. The lowest BCUT2D eigenvalue weighted by Crippen LogP contribution is -1.97. The second kappa shape index (κ2) is 5.77. The topological polar surface area (TPSA) is 55.1 Å².